The van der Waals surface area contributed by atoms with Gasteiger partial charge in [0.25, 0.3) is 0 Å². The van der Waals surface area contributed by atoms with Gasteiger partial charge in [-0.25, -0.2) is 4.68 Å². The van der Waals surface area contributed by atoms with Gasteiger partial charge in [-0.05, 0) is 30.7 Å². The lowest BCUT2D eigenvalue weighted by molar-refractivity contribution is -0.137. The van der Waals surface area contributed by atoms with E-state index in [-0.39, 0.29) is 25.2 Å². The van der Waals surface area contributed by atoms with Crippen LogP contribution in [0.2, 0.25) is 0 Å². The number of amides is 1. The van der Waals surface area contributed by atoms with Gasteiger partial charge in [0.15, 0.2) is 0 Å². The molecule has 0 unspecified atom stereocenters. The fourth-order valence-electron chi connectivity index (χ4n) is 2.75. The Labute approximate surface area is 162 Å². The van der Waals surface area contributed by atoms with Crippen molar-refractivity contribution in [1.82, 2.24) is 9.78 Å². The van der Waals surface area contributed by atoms with Gasteiger partial charge in [-0.3, -0.25) is 9.59 Å². The SMILES string of the molecule is COc1ccc(-n2nc(-c3ccccc3)cc2NC(=O)CCCC(=O)O)cc1. The molecule has 0 radical (unpaired) electrons. The fourth-order valence-corrected chi connectivity index (χ4v) is 2.75. The summed E-state index contributed by atoms with van der Waals surface area (Å²) in [5.74, 6) is 0.0701. The molecule has 28 heavy (non-hydrogen) atoms. The minimum Gasteiger partial charge on any atom is -0.497 e. The molecule has 0 aliphatic rings. The van der Waals surface area contributed by atoms with Crippen LogP contribution in [0, 0.1) is 0 Å². The third kappa shape index (κ3) is 4.76. The number of ether oxygens (including phenoxy) is 1. The van der Waals surface area contributed by atoms with Gasteiger partial charge in [0, 0.05) is 24.5 Å². The van der Waals surface area contributed by atoms with Crippen molar-refractivity contribution < 1.29 is 19.4 Å². The molecule has 0 saturated carbocycles. The molecule has 0 aliphatic carbocycles. The second kappa shape index (κ2) is 8.85. The van der Waals surface area contributed by atoms with Gasteiger partial charge in [0.1, 0.15) is 11.6 Å². The number of aromatic nitrogens is 2. The highest BCUT2D eigenvalue weighted by Gasteiger charge is 2.14. The third-order valence-electron chi connectivity index (χ3n) is 4.16. The Kier molecular flexibility index (Phi) is 6.06. The Balaban J connectivity index is 1.88. The van der Waals surface area contributed by atoms with Gasteiger partial charge in [-0.1, -0.05) is 30.3 Å². The first kappa shape index (κ1) is 19.2. The molecule has 2 N–H and O–H groups in total. The fraction of sp³-hybridized carbons (Fsp3) is 0.190. The van der Waals surface area contributed by atoms with E-state index in [0.717, 1.165) is 22.7 Å². The molecule has 3 rings (SSSR count). The van der Waals surface area contributed by atoms with Crippen LogP contribution in [-0.4, -0.2) is 33.9 Å². The average molecular weight is 379 g/mol. The number of carboxylic acid groups (broad SMARTS) is 1. The van der Waals surface area contributed by atoms with Crippen molar-refractivity contribution in [1.29, 1.82) is 0 Å². The van der Waals surface area contributed by atoms with Gasteiger partial charge in [0.2, 0.25) is 5.91 Å². The van der Waals surface area contributed by atoms with Crippen LogP contribution in [0.4, 0.5) is 5.82 Å². The maximum atomic E-state index is 12.3. The number of methoxy groups -OCH3 is 1. The normalized spacial score (nSPS) is 10.5. The monoisotopic (exact) mass is 379 g/mol. The smallest absolute Gasteiger partial charge is 0.303 e. The van der Waals surface area contributed by atoms with Crippen LogP contribution >= 0.6 is 0 Å². The number of nitrogens with one attached hydrogen (secondary N) is 1. The topological polar surface area (TPSA) is 93.5 Å². The minimum absolute atomic E-state index is 0.0412. The molecule has 2 aromatic carbocycles. The molecule has 7 nitrogen and oxygen atoms in total. The van der Waals surface area contributed by atoms with E-state index in [9.17, 15) is 9.59 Å². The van der Waals surface area contributed by atoms with Crippen molar-refractivity contribution >= 4 is 17.7 Å². The molecule has 0 fully saturated rings. The van der Waals surface area contributed by atoms with Crippen molar-refractivity contribution in [3.8, 4) is 22.7 Å². The van der Waals surface area contributed by atoms with E-state index < -0.39 is 5.97 Å². The van der Waals surface area contributed by atoms with E-state index >= 15 is 0 Å². The predicted molar refractivity (Wildman–Crippen MR) is 106 cm³/mol. The molecular formula is C21H21N3O4. The Morgan fingerprint density at radius 2 is 1.79 bits per heavy atom. The number of carbonyl (C=O) groups is 2. The number of rotatable bonds is 8. The first-order chi connectivity index (χ1) is 13.6. The molecule has 0 bridgehead atoms. The zero-order chi connectivity index (χ0) is 19.9. The summed E-state index contributed by atoms with van der Waals surface area (Å²) in [5, 5.41) is 16.2. The predicted octanol–water partition coefficient (Wildman–Crippen LogP) is 3.74. The van der Waals surface area contributed by atoms with E-state index in [1.165, 1.54) is 0 Å². The molecule has 0 saturated heterocycles. The van der Waals surface area contributed by atoms with Crippen LogP contribution in [-0.2, 0) is 9.59 Å². The summed E-state index contributed by atoms with van der Waals surface area (Å²) in [6.45, 7) is 0. The number of carbonyl (C=O) groups excluding carboxylic acids is 1. The number of aliphatic carboxylic acids is 1. The van der Waals surface area contributed by atoms with Gasteiger partial charge >= 0.3 is 5.97 Å². The number of hydrogen-bond acceptors (Lipinski definition) is 4. The van der Waals surface area contributed by atoms with Crippen molar-refractivity contribution in [2.75, 3.05) is 12.4 Å². The maximum Gasteiger partial charge on any atom is 0.303 e. The van der Waals surface area contributed by atoms with Crippen LogP contribution in [0.15, 0.2) is 60.7 Å². The highest BCUT2D eigenvalue weighted by molar-refractivity contribution is 5.91. The van der Waals surface area contributed by atoms with Crippen LogP contribution in [0.3, 0.4) is 0 Å². The summed E-state index contributed by atoms with van der Waals surface area (Å²) >= 11 is 0. The van der Waals surface area contributed by atoms with E-state index in [2.05, 4.69) is 10.4 Å². The molecule has 1 heterocycles. The van der Waals surface area contributed by atoms with Crippen LogP contribution in [0.1, 0.15) is 19.3 Å². The number of anilines is 1. The van der Waals surface area contributed by atoms with Crippen LogP contribution in [0.5, 0.6) is 5.75 Å². The first-order valence-corrected chi connectivity index (χ1v) is 8.88. The molecule has 0 aliphatic heterocycles. The van der Waals surface area contributed by atoms with Gasteiger partial charge < -0.3 is 15.2 Å². The van der Waals surface area contributed by atoms with E-state index in [1.54, 1.807) is 17.9 Å². The van der Waals surface area contributed by atoms with E-state index in [1.807, 2.05) is 54.6 Å². The van der Waals surface area contributed by atoms with Gasteiger partial charge in [-0.15, -0.1) is 0 Å². The molecule has 0 atom stereocenters. The maximum absolute atomic E-state index is 12.3. The zero-order valence-electron chi connectivity index (χ0n) is 15.5. The summed E-state index contributed by atoms with van der Waals surface area (Å²) < 4.78 is 6.84. The summed E-state index contributed by atoms with van der Waals surface area (Å²) in [4.78, 5) is 22.9. The lowest BCUT2D eigenvalue weighted by Gasteiger charge is -2.09. The summed E-state index contributed by atoms with van der Waals surface area (Å²) in [7, 11) is 1.60. The van der Waals surface area contributed by atoms with Crippen LogP contribution < -0.4 is 10.1 Å². The van der Waals surface area contributed by atoms with Crippen molar-refractivity contribution in [2.24, 2.45) is 0 Å². The third-order valence-corrected chi connectivity index (χ3v) is 4.16. The minimum atomic E-state index is -0.914. The van der Waals surface area contributed by atoms with Gasteiger partial charge in [0.05, 0.1) is 18.5 Å². The standard InChI is InChI=1S/C21H21N3O4/c1-28-17-12-10-16(11-13-17)24-19(22-20(25)8-5-9-21(26)27)14-18(23-24)15-6-3-2-4-7-15/h2-4,6-7,10-14H,5,8-9H2,1H3,(H,22,25)(H,26,27). The molecule has 1 amide bonds. The number of benzene rings is 2. The van der Waals surface area contributed by atoms with Gasteiger partial charge in [-0.2, -0.15) is 5.10 Å². The summed E-state index contributed by atoms with van der Waals surface area (Å²) in [5.41, 5.74) is 2.41. The summed E-state index contributed by atoms with van der Waals surface area (Å²) in [6.07, 6.45) is 0.366. The zero-order valence-corrected chi connectivity index (χ0v) is 15.5. The second-order valence-corrected chi connectivity index (χ2v) is 6.19. The Hall–Kier alpha value is -3.61. The number of nitrogens with zero attached hydrogens (tertiary/aromatic N) is 2. The molecule has 1 aromatic heterocycles. The lowest BCUT2D eigenvalue weighted by Crippen LogP contribution is -2.15. The molecule has 144 valence electrons. The second-order valence-electron chi connectivity index (χ2n) is 6.19. The summed E-state index contributed by atoms with van der Waals surface area (Å²) in [6, 6.07) is 18.8. The van der Waals surface area contributed by atoms with Crippen LogP contribution in [0.25, 0.3) is 16.9 Å². The van der Waals surface area contributed by atoms with E-state index in [0.29, 0.717) is 5.82 Å². The number of carboxylic acids is 1. The lowest BCUT2D eigenvalue weighted by atomic mass is 10.1. The Morgan fingerprint density at radius 1 is 1.07 bits per heavy atom. The van der Waals surface area contributed by atoms with Crippen molar-refractivity contribution in [3.63, 3.8) is 0 Å². The highest BCUT2D eigenvalue weighted by atomic mass is 16.5. The number of hydrogen-bond donors (Lipinski definition) is 2. The molecule has 0 spiro atoms. The van der Waals surface area contributed by atoms with Crippen molar-refractivity contribution in [2.45, 2.75) is 19.3 Å². The molecular weight excluding hydrogens is 358 g/mol. The molecule has 7 heteroatoms. The largest absolute Gasteiger partial charge is 0.497 e. The highest BCUT2D eigenvalue weighted by Crippen LogP contribution is 2.26. The Morgan fingerprint density at radius 3 is 2.43 bits per heavy atom. The van der Waals surface area contributed by atoms with E-state index in [4.69, 9.17) is 9.84 Å². The van der Waals surface area contributed by atoms with Crippen molar-refractivity contribution in [3.05, 3.63) is 60.7 Å². The Bertz CT molecular complexity index is 950. The quantitative estimate of drug-likeness (QED) is 0.622. The average Bonchev–Trinajstić information content (AvgIpc) is 3.12. The molecule has 3 aromatic rings. The first-order valence-electron chi connectivity index (χ1n) is 8.88.